The summed E-state index contributed by atoms with van der Waals surface area (Å²) >= 11 is 0. The normalized spacial score (nSPS) is 12.1. The lowest BCUT2D eigenvalue weighted by molar-refractivity contribution is -0.139. The third-order valence-corrected chi connectivity index (χ3v) is 7.70. The first-order valence-corrected chi connectivity index (χ1v) is 18.0. The van der Waals surface area contributed by atoms with Crippen molar-refractivity contribution in [2.24, 2.45) is 5.73 Å². The maximum absolute atomic E-state index is 12.3. The average molecular weight is 738 g/mol. The molecule has 0 fully saturated rings. The van der Waals surface area contributed by atoms with Gasteiger partial charge in [0, 0.05) is 56.8 Å². The molecule has 0 aromatic heterocycles. The molecule has 16 heteroatoms. The third kappa shape index (κ3) is 23.5. The van der Waals surface area contributed by atoms with Crippen LogP contribution in [0.1, 0.15) is 81.5 Å². The Bertz CT molecular complexity index is 1200. The second kappa shape index (κ2) is 29.6. The van der Waals surface area contributed by atoms with Crippen LogP contribution in [0.3, 0.4) is 0 Å². The number of carboxylic acid groups (broad SMARTS) is 1. The Morgan fingerprint density at radius 2 is 1.33 bits per heavy atom. The first-order valence-electron chi connectivity index (χ1n) is 18.0. The average Bonchev–Trinajstić information content (AvgIpc) is 3.12. The molecule has 1 rings (SSSR count). The Morgan fingerprint density at radius 1 is 0.712 bits per heavy atom. The number of ketones is 2. The number of likely N-dealkylation sites (N-methyl/N-ethyl adjacent to an activating group) is 1. The van der Waals surface area contributed by atoms with Gasteiger partial charge in [-0.15, -0.1) is 0 Å². The van der Waals surface area contributed by atoms with E-state index in [-0.39, 0.29) is 69.8 Å². The highest BCUT2D eigenvalue weighted by molar-refractivity contribution is 5.94. The van der Waals surface area contributed by atoms with Crippen LogP contribution in [-0.4, -0.2) is 125 Å². The molecular formula is C36H59N5O11. The minimum atomic E-state index is -0.978. The van der Waals surface area contributed by atoms with E-state index in [1.807, 2.05) is 12.1 Å². The Hall–Kier alpha value is -3.96. The van der Waals surface area contributed by atoms with Crippen LogP contribution < -0.4 is 27.0 Å². The van der Waals surface area contributed by atoms with Crippen molar-refractivity contribution in [1.82, 2.24) is 16.0 Å². The van der Waals surface area contributed by atoms with Gasteiger partial charge < -0.3 is 51.1 Å². The minimum Gasteiger partial charge on any atom is -0.480 e. The van der Waals surface area contributed by atoms with Gasteiger partial charge in [0.2, 0.25) is 11.8 Å². The number of hydrogen-bond donors (Lipinski definition) is 6. The number of rotatable bonds is 34. The molecule has 16 nitrogen and oxygen atoms in total. The third-order valence-electron chi connectivity index (χ3n) is 7.70. The number of carboxylic acids is 1. The van der Waals surface area contributed by atoms with Crippen molar-refractivity contribution in [2.45, 2.75) is 83.2 Å². The molecule has 0 spiro atoms. The van der Waals surface area contributed by atoms with Crippen molar-refractivity contribution in [3.8, 4) is 0 Å². The van der Waals surface area contributed by atoms with E-state index in [0.717, 1.165) is 18.7 Å². The predicted molar refractivity (Wildman–Crippen MR) is 194 cm³/mol. The number of aliphatic carboxylic acids is 1. The van der Waals surface area contributed by atoms with Crippen LogP contribution >= 0.6 is 0 Å². The summed E-state index contributed by atoms with van der Waals surface area (Å²) in [6, 6.07) is 5.67. The number of nitrogens with one attached hydrogen (secondary N) is 4. The Balaban J connectivity index is 2.00. The largest absolute Gasteiger partial charge is 0.480 e. The molecule has 0 aliphatic carbocycles. The van der Waals surface area contributed by atoms with Crippen LogP contribution in [0.5, 0.6) is 0 Å². The molecule has 0 saturated carbocycles. The number of Topliss-reactive ketones (excluding diaryl/α,β-unsaturated/α-hetero) is 2. The highest BCUT2D eigenvalue weighted by Crippen LogP contribution is 2.10. The highest BCUT2D eigenvalue weighted by Gasteiger charge is 2.18. The number of anilines is 1. The van der Waals surface area contributed by atoms with E-state index in [0.29, 0.717) is 70.5 Å². The van der Waals surface area contributed by atoms with E-state index < -0.39 is 29.9 Å². The fourth-order valence-corrected chi connectivity index (χ4v) is 4.74. The lowest BCUT2D eigenvalue weighted by Gasteiger charge is -2.15. The van der Waals surface area contributed by atoms with Crippen LogP contribution in [0.2, 0.25) is 0 Å². The molecular weight excluding hydrogens is 678 g/mol. The monoisotopic (exact) mass is 737 g/mol. The van der Waals surface area contributed by atoms with E-state index >= 15 is 0 Å². The number of carbonyl (C=O) groups excluding carboxylic acids is 5. The number of hydrogen-bond acceptors (Lipinski definition) is 12. The molecule has 0 radical (unpaired) electrons. The summed E-state index contributed by atoms with van der Waals surface area (Å²) in [4.78, 5) is 71.1. The standard InChI is InChI=1S/C36H59N5O11/c1-3-17-39-28-13-11-27(12-14-28)35(46)40-18-5-4-10-31(34(37)45)41-33(44)26-52-24-22-50-20-7-9-30(43)25-51-23-21-49-19-6-8-29(42)15-16-32(38-2)36(47)48/h11-14,31-32,38-39H,3-10,15-26H2,1-2H3,(H2,37,45)(H,40,46)(H,41,44)(H,47,48)/t31-,32-/m0/s1. The van der Waals surface area contributed by atoms with Gasteiger partial charge in [-0.1, -0.05) is 6.92 Å². The Labute approximate surface area is 306 Å². The summed E-state index contributed by atoms with van der Waals surface area (Å²) in [5, 5.41) is 20.3. The van der Waals surface area contributed by atoms with Crippen LogP contribution in [0.25, 0.3) is 0 Å². The van der Waals surface area contributed by atoms with E-state index in [9.17, 15) is 28.8 Å². The number of primary amides is 1. The van der Waals surface area contributed by atoms with Crippen LogP contribution in [0.15, 0.2) is 24.3 Å². The van der Waals surface area contributed by atoms with E-state index in [4.69, 9.17) is 29.8 Å². The lowest BCUT2D eigenvalue weighted by atomic mass is 10.1. The summed E-state index contributed by atoms with van der Waals surface area (Å²) < 4.78 is 21.5. The summed E-state index contributed by atoms with van der Waals surface area (Å²) in [6.07, 6.45) is 4.59. The minimum absolute atomic E-state index is 0.0107. The van der Waals surface area contributed by atoms with Gasteiger partial charge in [-0.25, -0.2) is 0 Å². The van der Waals surface area contributed by atoms with E-state index in [1.165, 1.54) is 0 Å². The van der Waals surface area contributed by atoms with Gasteiger partial charge in [-0.3, -0.25) is 28.8 Å². The number of ether oxygens (including phenoxy) is 4. The van der Waals surface area contributed by atoms with Crippen molar-refractivity contribution >= 4 is 40.9 Å². The molecule has 7 N–H and O–H groups in total. The molecule has 0 aliphatic heterocycles. The van der Waals surface area contributed by atoms with Crippen molar-refractivity contribution in [3.05, 3.63) is 29.8 Å². The highest BCUT2D eigenvalue weighted by atomic mass is 16.5. The van der Waals surface area contributed by atoms with E-state index in [2.05, 4.69) is 28.2 Å². The molecule has 52 heavy (non-hydrogen) atoms. The molecule has 0 aliphatic rings. The first kappa shape index (κ1) is 46.1. The van der Waals surface area contributed by atoms with Crippen LogP contribution in [0, 0.1) is 0 Å². The van der Waals surface area contributed by atoms with Crippen molar-refractivity contribution in [1.29, 1.82) is 0 Å². The van der Waals surface area contributed by atoms with Gasteiger partial charge >= 0.3 is 5.97 Å². The maximum atomic E-state index is 12.3. The van der Waals surface area contributed by atoms with Gasteiger partial charge in [0.15, 0.2) is 5.78 Å². The molecule has 0 bridgehead atoms. The second-order valence-electron chi connectivity index (χ2n) is 12.1. The predicted octanol–water partition coefficient (Wildman–Crippen LogP) is 1.60. The molecule has 1 aromatic rings. The van der Waals surface area contributed by atoms with Crippen molar-refractivity contribution in [3.63, 3.8) is 0 Å². The maximum Gasteiger partial charge on any atom is 0.320 e. The molecule has 0 heterocycles. The van der Waals surface area contributed by atoms with Gasteiger partial charge in [0.1, 0.15) is 31.1 Å². The molecule has 294 valence electrons. The van der Waals surface area contributed by atoms with Crippen LogP contribution in [0.4, 0.5) is 5.69 Å². The SMILES string of the molecule is CCCNc1ccc(C(=O)NCCCC[C@H](NC(=O)COCCOCCCC(=O)COCCOCCCC(=O)CC[C@H](NC)C(=O)O)C(N)=O)cc1. The summed E-state index contributed by atoms with van der Waals surface area (Å²) in [5.41, 5.74) is 6.97. The summed E-state index contributed by atoms with van der Waals surface area (Å²) in [5.74, 6) is -2.37. The zero-order valence-electron chi connectivity index (χ0n) is 30.7. The van der Waals surface area contributed by atoms with E-state index in [1.54, 1.807) is 19.2 Å². The van der Waals surface area contributed by atoms with Gasteiger partial charge in [0.25, 0.3) is 5.91 Å². The lowest BCUT2D eigenvalue weighted by Crippen LogP contribution is -2.45. The quantitative estimate of drug-likeness (QED) is 0.0553. The molecule has 2 atom stereocenters. The summed E-state index contributed by atoms with van der Waals surface area (Å²) in [6.45, 7) is 4.68. The Kier molecular flexibility index (Phi) is 26.2. The van der Waals surface area contributed by atoms with Gasteiger partial charge in [-0.2, -0.15) is 0 Å². The van der Waals surface area contributed by atoms with Gasteiger partial charge in [0.05, 0.1) is 26.4 Å². The Morgan fingerprint density at radius 3 is 1.92 bits per heavy atom. The fraction of sp³-hybridized carbons (Fsp3) is 0.667. The summed E-state index contributed by atoms with van der Waals surface area (Å²) in [7, 11) is 1.54. The number of unbranched alkanes of at least 4 members (excludes halogenated alkanes) is 1. The van der Waals surface area contributed by atoms with Crippen LogP contribution in [-0.2, 0) is 42.9 Å². The number of benzene rings is 1. The van der Waals surface area contributed by atoms with Gasteiger partial charge in [-0.05, 0) is 76.3 Å². The van der Waals surface area contributed by atoms with Crippen molar-refractivity contribution < 1.29 is 52.8 Å². The zero-order valence-corrected chi connectivity index (χ0v) is 30.7. The number of amides is 3. The topological polar surface area (TPSA) is 234 Å². The molecule has 0 saturated heterocycles. The molecule has 3 amide bonds. The second-order valence-corrected chi connectivity index (χ2v) is 12.1. The molecule has 1 aromatic carbocycles. The fourth-order valence-electron chi connectivity index (χ4n) is 4.74. The van der Waals surface area contributed by atoms with Crippen molar-refractivity contribution in [2.75, 3.05) is 78.3 Å². The number of carbonyl (C=O) groups is 6. The smallest absolute Gasteiger partial charge is 0.320 e. The first-order chi connectivity index (χ1) is 25.1. The number of nitrogens with two attached hydrogens (primary N) is 1. The molecule has 0 unspecified atom stereocenters. The zero-order chi connectivity index (χ0) is 38.4.